The highest BCUT2D eigenvalue weighted by atomic mass is 79.9. The summed E-state index contributed by atoms with van der Waals surface area (Å²) < 4.78 is 2.65. The molecule has 1 atom stereocenters. The van der Waals surface area contributed by atoms with E-state index >= 15 is 0 Å². The van der Waals surface area contributed by atoms with Gasteiger partial charge in [-0.15, -0.1) is 0 Å². The molecule has 0 radical (unpaired) electrons. The Balaban J connectivity index is 2.61. The number of halogens is 1. The van der Waals surface area contributed by atoms with E-state index in [-0.39, 0.29) is 0 Å². The van der Waals surface area contributed by atoms with Gasteiger partial charge in [-0.25, -0.2) is 0 Å². The van der Waals surface area contributed by atoms with Gasteiger partial charge in [-0.2, -0.15) is 5.10 Å². The molecule has 1 aromatic heterocycles. The molecule has 1 aromatic carbocycles. The van der Waals surface area contributed by atoms with Crippen molar-refractivity contribution in [3.05, 3.63) is 51.8 Å². The van der Waals surface area contributed by atoms with E-state index in [1.807, 2.05) is 49.7 Å². The molecular formula is C14H17BrN2O. The van der Waals surface area contributed by atoms with Crippen molar-refractivity contribution in [3.63, 3.8) is 0 Å². The minimum Gasteiger partial charge on any atom is -0.379 e. The summed E-state index contributed by atoms with van der Waals surface area (Å²) in [7, 11) is 0. The molecule has 0 bridgehead atoms. The zero-order valence-electron chi connectivity index (χ0n) is 10.8. The highest BCUT2D eigenvalue weighted by Gasteiger charge is 2.32. The maximum absolute atomic E-state index is 10.9. The first-order chi connectivity index (χ1) is 8.48. The lowest BCUT2D eigenvalue weighted by molar-refractivity contribution is 0.0903. The standard InChI is InChI=1S/C14H17BrN2O/c1-4-17-13(12(15)9-16-17)14(3,18)11-8-6-5-7-10(11)2/h5-9,18H,4H2,1-3H3. The van der Waals surface area contributed by atoms with E-state index in [9.17, 15) is 5.11 Å². The fourth-order valence-electron chi connectivity index (χ4n) is 2.33. The molecule has 4 heteroatoms. The van der Waals surface area contributed by atoms with Crippen molar-refractivity contribution >= 4 is 15.9 Å². The molecule has 0 fully saturated rings. The van der Waals surface area contributed by atoms with Crippen LogP contribution in [0.3, 0.4) is 0 Å². The Hall–Kier alpha value is -1.13. The Labute approximate surface area is 116 Å². The summed E-state index contributed by atoms with van der Waals surface area (Å²) in [4.78, 5) is 0. The number of nitrogens with zero attached hydrogens (tertiary/aromatic N) is 2. The van der Waals surface area contributed by atoms with Gasteiger partial charge in [-0.05, 0) is 47.8 Å². The van der Waals surface area contributed by atoms with Crippen LogP contribution in [-0.4, -0.2) is 14.9 Å². The van der Waals surface area contributed by atoms with E-state index in [1.165, 1.54) is 0 Å². The Bertz CT molecular complexity index is 561. The van der Waals surface area contributed by atoms with Crippen LogP contribution >= 0.6 is 15.9 Å². The highest BCUT2D eigenvalue weighted by molar-refractivity contribution is 9.10. The lowest BCUT2D eigenvalue weighted by atomic mass is 9.89. The van der Waals surface area contributed by atoms with Crippen LogP contribution in [0.15, 0.2) is 34.9 Å². The largest absolute Gasteiger partial charge is 0.379 e. The molecule has 0 saturated carbocycles. The highest BCUT2D eigenvalue weighted by Crippen LogP contribution is 2.35. The lowest BCUT2D eigenvalue weighted by Crippen LogP contribution is -2.28. The van der Waals surface area contributed by atoms with Gasteiger partial charge < -0.3 is 5.11 Å². The molecule has 2 aromatic rings. The summed E-state index contributed by atoms with van der Waals surface area (Å²) in [5.41, 5.74) is 1.70. The number of hydrogen-bond acceptors (Lipinski definition) is 2. The first kappa shape index (κ1) is 13.3. The van der Waals surface area contributed by atoms with E-state index in [0.717, 1.165) is 27.8 Å². The number of rotatable bonds is 3. The van der Waals surface area contributed by atoms with Crippen LogP contribution in [0.1, 0.15) is 30.7 Å². The van der Waals surface area contributed by atoms with Crippen LogP contribution in [0.2, 0.25) is 0 Å². The first-order valence-electron chi connectivity index (χ1n) is 5.98. The van der Waals surface area contributed by atoms with Gasteiger partial charge >= 0.3 is 0 Å². The molecule has 18 heavy (non-hydrogen) atoms. The molecule has 1 heterocycles. The van der Waals surface area contributed by atoms with Crippen molar-refractivity contribution in [2.24, 2.45) is 0 Å². The van der Waals surface area contributed by atoms with Crippen molar-refractivity contribution in [1.29, 1.82) is 0 Å². The molecule has 0 amide bonds. The molecular weight excluding hydrogens is 292 g/mol. The van der Waals surface area contributed by atoms with Gasteiger partial charge in [0.1, 0.15) is 5.60 Å². The molecule has 0 aliphatic heterocycles. The maximum Gasteiger partial charge on any atom is 0.130 e. The molecule has 0 aliphatic rings. The summed E-state index contributed by atoms with van der Waals surface area (Å²) in [6.07, 6.45) is 1.73. The van der Waals surface area contributed by atoms with E-state index in [2.05, 4.69) is 21.0 Å². The molecule has 96 valence electrons. The Morgan fingerprint density at radius 3 is 2.67 bits per heavy atom. The van der Waals surface area contributed by atoms with Gasteiger partial charge in [-0.1, -0.05) is 24.3 Å². The summed E-state index contributed by atoms with van der Waals surface area (Å²) in [5.74, 6) is 0. The maximum atomic E-state index is 10.9. The summed E-state index contributed by atoms with van der Waals surface area (Å²) in [6.45, 7) is 6.55. The molecule has 1 N–H and O–H groups in total. The normalized spacial score (nSPS) is 14.5. The zero-order chi connectivity index (χ0) is 13.3. The molecule has 2 rings (SSSR count). The number of aryl methyl sites for hydroxylation is 2. The van der Waals surface area contributed by atoms with E-state index in [4.69, 9.17) is 0 Å². The molecule has 1 unspecified atom stereocenters. The van der Waals surface area contributed by atoms with Gasteiger partial charge in [0, 0.05) is 6.54 Å². The Morgan fingerprint density at radius 1 is 1.39 bits per heavy atom. The van der Waals surface area contributed by atoms with Crippen molar-refractivity contribution in [2.75, 3.05) is 0 Å². The van der Waals surface area contributed by atoms with E-state index in [0.29, 0.717) is 0 Å². The van der Waals surface area contributed by atoms with Crippen molar-refractivity contribution < 1.29 is 5.11 Å². The second-order valence-electron chi connectivity index (χ2n) is 4.54. The average Bonchev–Trinajstić information content (AvgIpc) is 2.71. The van der Waals surface area contributed by atoms with Crippen LogP contribution in [0.25, 0.3) is 0 Å². The fraction of sp³-hybridized carbons (Fsp3) is 0.357. The van der Waals surface area contributed by atoms with Crippen LogP contribution in [0.5, 0.6) is 0 Å². The van der Waals surface area contributed by atoms with E-state index < -0.39 is 5.60 Å². The number of benzene rings is 1. The molecule has 3 nitrogen and oxygen atoms in total. The van der Waals surface area contributed by atoms with Crippen LogP contribution < -0.4 is 0 Å². The predicted molar refractivity (Wildman–Crippen MR) is 75.5 cm³/mol. The van der Waals surface area contributed by atoms with Gasteiger partial charge in [0.05, 0.1) is 16.4 Å². The topological polar surface area (TPSA) is 38.0 Å². The molecule has 0 saturated heterocycles. The van der Waals surface area contributed by atoms with E-state index in [1.54, 1.807) is 6.20 Å². The third-order valence-electron chi connectivity index (χ3n) is 3.22. The monoisotopic (exact) mass is 308 g/mol. The smallest absolute Gasteiger partial charge is 0.130 e. The van der Waals surface area contributed by atoms with Gasteiger partial charge in [0.2, 0.25) is 0 Å². The second kappa shape index (κ2) is 4.86. The summed E-state index contributed by atoms with van der Waals surface area (Å²) in [5, 5.41) is 15.2. The molecule has 0 aliphatic carbocycles. The average molecular weight is 309 g/mol. The summed E-state index contributed by atoms with van der Waals surface area (Å²) >= 11 is 3.47. The Kier molecular flexibility index (Phi) is 3.59. The SMILES string of the molecule is CCn1ncc(Br)c1C(C)(O)c1ccccc1C. The first-order valence-corrected chi connectivity index (χ1v) is 6.78. The fourth-order valence-corrected chi connectivity index (χ4v) is 3.02. The van der Waals surface area contributed by atoms with Crippen molar-refractivity contribution in [2.45, 2.75) is 32.9 Å². The molecule has 0 spiro atoms. The van der Waals surface area contributed by atoms with Crippen LogP contribution in [0.4, 0.5) is 0 Å². The Morgan fingerprint density at radius 2 is 2.06 bits per heavy atom. The van der Waals surface area contributed by atoms with Crippen molar-refractivity contribution in [3.8, 4) is 0 Å². The number of aromatic nitrogens is 2. The van der Waals surface area contributed by atoms with Crippen LogP contribution in [0, 0.1) is 6.92 Å². The third-order valence-corrected chi connectivity index (χ3v) is 3.81. The minimum absolute atomic E-state index is 0.725. The third kappa shape index (κ3) is 2.10. The van der Waals surface area contributed by atoms with Gasteiger partial charge in [0.15, 0.2) is 0 Å². The minimum atomic E-state index is -1.06. The lowest BCUT2D eigenvalue weighted by Gasteiger charge is -2.27. The quantitative estimate of drug-likeness (QED) is 0.945. The zero-order valence-corrected chi connectivity index (χ0v) is 12.4. The van der Waals surface area contributed by atoms with Crippen molar-refractivity contribution in [1.82, 2.24) is 9.78 Å². The predicted octanol–water partition coefficient (Wildman–Crippen LogP) is 3.23. The summed E-state index contributed by atoms with van der Waals surface area (Å²) in [6, 6.07) is 7.87. The number of aliphatic hydroxyl groups is 1. The second-order valence-corrected chi connectivity index (χ2v) is 5.40. The van der Waals surface area contributed by atoms with Crippen LogP contribution in [-0.2, 0) is 12.1 Å². The number of hydrogen-bond donors (Lipinski definition) is 1. The van der Waals surface area contributed by atoms with Gasteiger partial charge in [0.25, 0.3) is 0 Å². The van der Waals surface area contributed by atoms with Gasteiger partial charge in [-0.3, -0.25) is 4.68 Å².